The van der Waals surface area contributed by atoms with E-state index < -0.39 is 0 Å². The van der Waals surface area contributed by atoms with Gasteiger partial charge in [0.2, 0.25) is 5.91 Å². The smallest absolute Gasteiger partial charge is 0.236 e. The van der Waals surface area contributed by atoms with Crippen molar-refractivity contribution in [3.8, 4) is 17.1 Å². The zero-order chi connectivity index (χ0) is 20.9. The molecule has 2 heterocycles. The molecule has 0 bridgehead atoms. The third-order valence-electron chi connectivity index (χ3n) is 4.07. The van der Waals surface area contributed by atoms with E-state index >= 15 is 0 Å². The highest BCUT2D eigenvalue weighted by molar-refractivity contribution is 9.10. The zero-order valence-electron chi connectivity index (χ0n) is 15.5. The molecule has 0 fully saturated rings. The first-order valence-corrected chi connectivity index (χ1v) is 10.7. The molecule has 2 aromatic carbocycles. The summed E-state index contributed by atoms with van der Waals surface area (Å²) in [5.74, 6) is 0.625. The average molecular weight is 484 g/mol. The molecule has 1 amide bonds. The lowest BCUT2D eigenvalue weighted by molar-refractivity contribution is -0.113. The number of nitrogens with zero attached hydrogens (tertiary/aromatic N) is 4. The van der Waals surface area contributed by atoms with Gasteiger partial charge in [-0.05, 0) is 48.5 Å². The number of benzene rings is 2. The monoisotopic (exact) mass is 483 g/mol. The van der Waals surface area contributed by atoms with Crippen LogP contribution in [-0.4, -0.2) is 31.4 Å². The van der Waals surface area contributed by atoms with Crippen molar-refractivity contribution in [2.24, 2.45) is 0 Å². The SMILES string of the molecule is O=C(CSc1nnc(-c2ccc(F)cc2)n1-c1ccccc1)Nc1cc(Br)ccn1. The zero-order valence-corrected chi connectivity index (χ0v) is 17.9. The van der Waals surface area contributed by atoms with E-state index in [0.29, 0.717) is 16.8 Å². The number of rotatable bonds is 6. The van der Waals surface area contributed by atoms with Gasteiger partial charge in [0, 0.05) is 21.9 Å². The number of anilines is 1. The largest absolute Gasteiger partial charge is 0.310 e. The van der Waals surface area contributed by atoms with Crippen molar-refractivity contribution in [1.82, 2.24) is 19.7 Å². The van der Waals surface area contributed by atoms with E-state index in [4.69, 9.17) is 0 Å². The van der Waals surface area contributed by atoms with Crippen molar-refractivity contribution in [3.05, 3.63) is 83.2 Å². The molecule has 0 atom stereocenters. The minimum absolute atomic E-state index is 0.128. The molecule has 0 spiro atoms. The Balaban J connectivity index is 1.58. The van der Waals surface area contributed by atoms with E-state index in [1.165, 1.54) is 23.9 Å². The van der Waals surface area contributed by atoms with Crippen LogP contribution in [0.1, 0.15) is 0 Å². The number of amides is 1. The van der Waals surface area contributed by atoms with Crippen LogP contribution in [0.15, 0.2) is 82.6 Å². The van der Waals surface area contributed by atoms with Crippen molar-refractivity contribution in [3.63, 3.8) is 0 Å². The molecule has 30 heavy (non-hydrogen) atoms. The number of thioether (sulfide) groups is 1. The van der Waals surface area contributed by atoms with Crippen LogP contribution in [0.5, 0.6) is 0 Å². The standard InChI is InChI=1S/C21H15BrFN5OS/c22-15-10-11-24-18(12-15)25-19(29)13-30-21-27-26-20(14-6-8-16(23)9-7-14)28(21)17-4-2-1-3-5-17/h1-12H,13H2,(H,24,25,29). The van der Waals surface area contributed by atoms with E-state index in [2.05, 4.69) is 36.4 Å². The molecule has 2 aromatic heterocycles. The average Bonchev–Trinajstić information content (AvgIpc) is 3.17. The van der Waals surface area contributed by atoms with Crippen LogP contribution in [0, 0.1) is 5.82 Å². The van der Waals surface area contributed by atoms with Crippen LogP contribution in [0.3, 0.4) is 0 Å². The van der Waals surface area contributed by atoms with Gasteiger partial charge in [-0.1, -0.05) is 45.9 Å². The number of aromatic nitrogens is 4. The van der Waals surface area contributed by atoms with Crippen molar-refractivity contribution in [2.45, 2.75) is 5.16 Å². The molecule has 4 rings (SSSR count). The van der Waals surface area contributed by atoms with Gasteiger partial charge in [-0.3, -0.25) is 9.36 Å². The van der Waals surface area contributed by atoms with E-state index in [9.17, 15) is 9.18 Å². The summed E-state index contributed by atoms with van der Waals surface area (Å²) in [7, 11) is 0. The number of hydrogen-bond acceptors (Lipinski definition) is 5. The Morgan fingerprint density at radius 1 is 1.07 bits per heavy atom. The van der Waals surface area contributed by atoms with Crippen molar-refractivity contribution in [1.29, 1.82) is 0 Å². The van der Waals surface area contributed by atoms with Gasteiger partial charge in [0.05, 0.1) is 5.75 Å². The first-order valence-electron chi connectivity index (χ1n) is 8.91. The fourth-order valence-electron chi connectivity index (χ4n) is 2.74. The first-order chi connectivity index (χ1) is 14.6. The van der Waals surface area contributed by atoms with E-state index in [1.54, 1.807) is 30.5 Å². The summed E-state index contributed by atoms with van der Waals surface area (Å²) in [4.78, 5) is 16.5. The third-order valence-corrected chi connectivity index (χ3v) is 5.49. The normalized spacial score (nSPS) is 10.7. The fraction of sp³-hybridized carbons (Fsp3) is 0.0476. The van der Waals surface area contributed by atoms with Crippen molar-refractivity contribution >= 4 is 39.4 Å². The molecule has 0 aliphatic carbocycles. The number of pyridine rings is 1. The van der Waals surface area contributed by atoms with E-state index in [1.807, 2.05) is 34.9 Å². The summed E-state index contributed by atoms with van der Waals surface area (Å²) >= 11 is 4.61. The molecular formula is C21H15BrFN5OS. The highest BCUT2D eigenvalue weighted by Crippen LogP contribution is 2.28. The highest BCUT2D eigenvalue weighted by Gasteiger charge is 2.17. The molecule has 4 aromatic rings. The van der Waals surface area contributed by atoms with Gasteiger partial charge < -0.3 is 5.32 Å². The number of nitrogens with one attached hydrogen (secondary N) is 1. The van der Waals surface area contributed by atoms with Crippen LogP contribution in [0.4, 0.5) is 10.2 Å². The molecular weight excluding hydrogens is 469 g/mol. The molecule has 1 N–H and O–H groups in total. The topological polar surface area (TPSA) is 72.7 Å². The van der Waals surface area contributed by atoms with Crippen LogP contribution in [0.25, 0.3) is 17.1 Å². The van der Waals surface area contributed by atoms with Gasteiger partial charge in [0.15, 0.2) is 11.0 Å². The predicted octanol–water partition coefficient (Wildman–Crippen LogP) is 4.96. The number of para-hydroxylation sites is 1. The molecule has 0 saturated heterocycles. The fourth-order valence-corrected chi connectivity index (χ4v) is 3.83. The maximum Gasteiger partial charge on any atom is 0.236 e. The quantitative estimate of drug-likeness (QED) is 0.392. The number of carbonyl (C=O) groups is 1. The van der Waals surface area contributed by atoms with Gasteiger partial charge >= 0.3 is 0 Å². The Bertz CT molecular complexity index is 1170. The van der Waals surface area contributed by atoms with Gasteiger partial charge in [-0.2, -0.15) is 0 Å². The van der Waals surface area contributed by atoms with Crippen LogP contribution >= 0.6 is 27.7 Å². The summed E-state index contributed by atoms with van der Waals surface area (Å²) in [6.07, 6.45) is 1.61. The minimum Gasteiger partial charge on any atom is -0.310 e. The van der Waals surface area contributed by atoms with Crippen molar-refractivity contribution < 1.29 is 9.18 Å². The highest BCUT2D eigenvalue weighted by atomic mass is 79.9. The lowest BCUT2D eigenvalue weighted by Crippen LogP contribution is -2.15. The Labute approximate surface area is 184 Å². The van der Waals surface area contributed by atoms with E-state index in [0.717, 1.165) is 15.7 Å². The Morgan fingerprint density at radius 3 is 2.57 bits per heavy atom. The molecule has 6 nitrogen and oxygen atoms in total. The molecule has 150 valence electrons. The number of halogens is 2. The second-order valence-electron chi connectivity index (χ2n) is 6.18. The van der Waals surface area contributed by atoms with Gasteiger partial charge in [-0.15, -0.1) is 10.2 Å². The van der Waals surface area contributed by atoms with Gasteiger partial charge in [0.1, 0.15) is 11.6 Å². The predicted molar refractivity (Wildman–Crippen MR) is 118 cm³/mol. The second kappa shape index (κ2) is 9.19. The molecule has 0 saturated carbocycles. The van der Waals surface area contributed by atoms with Gasteiger partial charge in [-0.25, -0.2) is 9.37 Å². The van der Waals surface area contributed by atoms with E-state index in [-0.39, 0.29) is 17.5 Å². The van der Waals surface area contributed by atoms with Gasteiger partial charge in [0.25, 0.3) is 0 Å². The van der Waals surface area contributed by atoms with Crippen LogP contribution in [-0.2, 0) is 4.79 Å². The maximum atomic E-state index is 13.3. The first kappa shape index (κ1) is 20.2. The molecule has 0 radical (unpaired) electrons. The summed E-state index contributed by atoms with van der Waals surface area (Å²) < 4.78 is 16.0. The lowest BCUT2D eigenvalue weighted by atomic mass is 10.2. The van der Waals surface area contributed by atoms with Crippen LogP contribution in [0.2, 0.25) is 0 Å². The number of hydrogen-bond donors (Lipinski definition) is 1. The second-order valence-corrected chi connectivity index (χ2v) is 8.04. The lowest BCUT2D eigenvalue weighted by Gasteiger charge is -2.10. The molecule has 0 unspecified atom stereocenters. The summed E-state index contributed by atoms with van der Waals surface area (Å²) in [5, 5.41) is 11.9. The molecule has 9 heteroatoms. The molecule has 0 aliphatic rings. The summed E-state index contributed by atoms with van der Waals surface area (Å²) in [6.45, 7) is 0. The molecule has 0 aliphatic heterocycles. The third kappa shape index (κ3) is 4.74. The Kier molecular flexibility index (Phi) is 6.20. The van der Waals surface area contributed by atoms with Crippen molar-refractivity contribution in [2.75, 3.05) is 11.1 Å². The Morgan fingerprint density at radius 2 is 1.83 bits per heavy atom. The minimum atomic E-state index is -0.322. The van der Waals surface area contributed by atoms with Crippen LogP contribution < -0.4 is 5.32 Å². The maximum absolute atomic E-state index is 13.3. The summed E-state index contributed by atoms with van der Waals surface area (Å²) in [6, 6.07) is 19.1. The summed E-state index contributed by atoms with van der Waals surface area (Å²) in [5.41, 5.74) is 1.57. The Hall–Kier alpha value is -3.04. The number of carbonyl (C=O) groups excluding carboxylic acids is 1.